The number of para-hydroxylation sites is 1. The zero-order chi connectivity index (χ0) is 38.5. The number of fused-ring (bicyclic) bond motifs is 2. The van der Waals surface area contributed by atoms with Crippen LogP contribution in [-0.4, -0.2) is 95.0 Å². The van der Waals surface area contributed by atoms with Gasteiger partial charge in [-0.2, -0.15) is 10.2 Å². The lowest BCUT2D eigenvalue weighted by Gasteiger charge is -2.42. The van der Waals surface area contributed by atoms with Gasteiger partial charge in [0.15, 0.2) is 11.3 Å². The molecule has 55 heavy (non-hydrogen) atoms. The Morgan fingerprint density at radius 2 is 1.89 bits per heavy atom. The third-order valence-electron chi connectivity index (χ3n) is 11.5. The topological polar surface area (TPSA) is 157 Å². The number of aromatic nitrogens is 7. The summed E-state index contributed by atoms with van der Waals surface area (Å²) < 4.78 is 50.0. The number of carbonyl (C=O) groups is 3. The first-order chi connectivity index (χ1) is 26.5. The molecule has 2 N–H and O–H groups in total. The zero-order valence-corrected chi connectivity index (χ0v) is 30.4. The van der Waals surface area contributed by atoms with E-state index in [9.17, 15) is 28.0 Å². The number of amides is 3. The highest BCUT2D eigenvalue weighted by molar-refractivity contribution is 6.08. The average molecular weight is 762 g/mol. The zero-order valence-electron chi connectivity index (χ0n) is 30.4. The van der Waals surface area contributed by atoms with Crippen LogP contribution in [0.4, 0.5) is 24.5 Å². The normalized spacial score (nSPS) is 23.6. The molecule has 5 aromatic rings. The van der Waals surface area contributed by atoms with Gasteiger partial charge in [-0.15, -0.1) is 0 Å². The van der Waals surface area contributed by atoms with Gasteiger partial charge in [-0.25, -0.2) is 27.5 Å². The maximum atomic E-state index is 16.0. The molecule has 15 nitrogen and oxygen atoms in total. The molecule has 290 valence electrons. The molecule has 0 spiro atoms. The number of carbonyl (C=O) groups excluding carboxylic acids is 3. The summed E-state index contributed by atoms with van der Waals surface area (Å²) in [6.07, 6.45) is 5.87. The second-order valence-corrected chi connectivity index (χ2v) is 14.9. The van der Waals surface area contributed by atoms with E-state index in [-0.39, 0.29) is 60.2 Å². The third-order valence-corrected chi connectivity index (χ3v) is 11.5. The molecule has 18 heteroatoms. The van der Waals surface area contributed by atoms with E-state index >= 15 is 4.39 Å². The second kappa shape index (κ2) is 14.6. The lowest BCUT2D eigenvalue weighted by molar-refractivity contribution is -0.135. The Balaban J connectivity index is 0.885. The molecule has 3 amide bonds. The molecular weight excluding hydrogens is 719 g/mol. The fourth-order valence-electron chi connectivity index (χ4n) is 8.67. The average Bonchev–Trinajstić information content (AvgIpc) is 3.86. The second-order valence-electron chi connectivity index (χ2n) is 14.9. The van der Waals surface area contributed by atoms with E-state index < -0.39 is 36.1 Å². The maximum absolute atomic E-state index is 16.0. The predicted molar refractivity (Wildman–Crippen MR) is 196 cm³/mol. The number of nitrogens with zero attached hydrogens (tertiary/aromatic N) is 9. The van der Waals surface area contributed by atoms with Crippen LogP contribution in [0.5, 0.6) is 0 Å². The number of benzene rings is 1. The number of nitrogens with one attached hydrogen (secondary N) is 2. The van der Waals surface area contributed by atoms with Crippen molar-refractivity contribution in [1.82, 2.24) is 43.7 Å². The van der Waals surface area contributed by atoms with E-state index in [0.717, 1.165) is 12.8 Å². The van der Waals surface area contributed by atoms with Gasteiger partial charge in [0.1, 0.15) is 17.8 Å². The standard InChI is InChI=1S/C37H42F3N11O4/c1-46(26-13-16-48(19-24(26)38)27-5-3-6-28-32(27)47(2)37(55)51(28)29-11-12-30(52)44-36(29)54)18-21-7-9-22(10-8-21)50-20-25(31(45-50)33(39)40)43-35(53)23-17-42-49-15-4-14-41-34(23)49/h3-6,14-15,17,20-22,24,26,29,33H,7-13,16,18-19H2,1-2H3,(H,43,53)(H,44,52,54). The number of halogens is 3. The van der Waals surface area contributed by atoms with E-state index in [1.807, 2.05) is 18.0 Å². The van der Waals surface area contributed by atoms with Crippen molar-refractivity contribution in [3.63, 3.8) is 0 Å². The molecule has 1 aliphatic carbocycles. The Bertz CT molecular complexity index is 2330. The smallest absolute Gasteiger partial charge is 0.329 e. The number of imide groups is 1. The number of piperidine rings is 2. The van der Waals surface area contributed by atoms with Crippen molar-refractivity contribution in [1.29, 1.82) is 0 Å². The Labute approximate surface area is 313 Å². The summed E-state index contributed by atoms with van der Waals surface area (Å²) in [7, 11) is 3.59. The fourth-order valence-corrected chi connectivity index (χ4v) is 8.67. The SMILES string of the molecule is CN(CC1CCC(n2cc(NC(=O)c3cnn4cccnc34)c(C(F)F)n2)CC1)C1CCN(c2cccc3c2n(C)c(=O)n3C2CCC(=O)NC2=O)CC1F. The van der Waals surface area contributed by atoms with Gasteiger partial charge in [0, 0.05) is 51.2 Å². The van der Waals surface area contributed by atoms with Gasteiger partial charge < -0.3 is 15.1 Å². The molecule has 2 aliphatic heterocycles. The Morgan fingerprint density at radius 3 is 2.64 bits per heavy atom. The van der Waals surface area contributed by atoms with Gasteiger partial charge >= 0.3 is 5.69 Å². The van der Waals surface area contributed by atoms with Crippen LogP contribution < -0.4 is 21.2 Å². The summed E-state index contributed by atoms with van der Waals surface area (Å²) in [5.74, 6) is -1.19. The van der Waals surface area contributed by atoms with Crippen LogP contribution in [0.1, 0.15) is 79.5 Å². The number of hydrogen-bond acceptors (Lipinski definition) is 9. The van der Waals surface area contributed by atoms with Crippen molar-refractivity contribution in [3.8, 4) is 0 Å². The Morgan fingerprint density at radius 1 is 1.09 bits per heavy atom. The van der Waals surface area contributed by atoms with Crippen molar-refractivity contribution >= 4 is 45.8 Å². The fraction of sp³-hybridized carbons (Fsp3) is 0.486. The minimum Gasteiger partial charge on any atom is -0.367 e. The number of rotatable bonds is 9. The summed E-state index contributed by atoms with van der Waals surface area (Å²) in [5.41, 5.74) is 1.44. The van der Waals surface area contributed by atoms with Gasteiger partial charge in [0.05, 0.1) is 41.2 Å². The molecule has 3 fully saturated rings. The van der Waals surface area contributed by atoms with Crippen LogP contribution in [-0.2, 0) is 16.6 Å². The van der Waals surface area contributed by atoms with Gasteiger partial charge in [0.2, 0.25) is 11.8 Å². The van der Waals surface area contributed by atoms with Crippen LogP contribution in [0.15, 0.2) is 53.8 Å². The third kappa shape index (κ3) is 6.76. The summed E-state index contributed by atoms with van der Waals surface area (Å²) in [5, 5.41) is 13.2. The van der Waals surface area contributed by atoms with Gasteiger partial charge in [-0.1, -0.05) is 6.07 Å². The summed E-state index contributed by atoms with van der Waals surface area (Å²) >= 11 is 0. The van der Waals surface area contributed by atoms with Crippen LogP contribution >= 0.6 is 0 Å². The largest absolute Gasteiger partial charge is 0.367 e. The molecule has 3 aliphatic rings. The van der Waals surface area contributed by atoms with Gasteiger partial charge in [-0.3, -0.25) is 33.5 Å². The van der Waals surface area contributed by atoms with E-state index in [2.05, 4.69) is 30.7 Å². The number of anilines is 2. The van der Waals surface area contributed by atoms with Crippen molar-refractivity contribution in [2.45, 2.75) is 75.7 Å². The molecule has 0 bridgehead atoms. The highest BCUT2D eigenvalue weighted by atomic mass is 19.3. The Hall–Kier alpha value is -5.52. The van der Waals surface area contributed by atoms with Gasteiger partial charge in [-0.05, 0) is 69.7 Å². The molecule has 6 heterocycles. The maximum Gasteiger partial charge on any atom is 0.329 e. The first-order valence-electron chi connectivity index (χ1n) is 18.6. The van der Waals surface area contributed by atoms with E-state index in [1.54, 1.807) is 31.4 Å². The number of hydrogen-bond donors (Lipinski definition) is 2. The first kappa shape index (κ1) is 36.5. The molecule has 8 rings (SSSR count). The Kier molecular flexibility index (Phi) is 9.69. The van der Waals surface area contributed by atoms with Crippen molar-refractivity contribution in [2.24, 2.45) is 13.0 Å². The van der Waals surface area contributed by atoms with Crippen LogP contribution in [0.2, 0.25) is 0 Å². The monoisotopic (exact) mass is 761 g/mol. The predicted octanol–water partition coefficient (Wildman–Crippen LogP) is 4.03. The lowest BCUT2D eigenvalue weighted by atomic mass is 9.85. The van der Waals surface area contributed by atoms with E-state index in [0.29, 0.717) is 54.7 Å². The molecule has 2 saturated heterocycles. The lowest BCUT2D eigenvalue weighted by Crippen LogP contribution is -2.52. The van der Waals surface area contributed by atoms with E-state index in [4.69, 9.17) is 0 Å². The molecule has 3 atom stereocenters. The van der Waals surface area contributed by atoms with Crippen molar-refractivity contribution < 1.29 is 27.6 Å². The molecule has 1 aromatic carbocycles. The number of alkyl halides is 3. The summed E-state index contributed by atoms with van der Waals surface area (Å²) in [4.78, 5) is 59.1. The van der Waals surface area contributed by atoms with Crippen molar-refractivity contribution in [3.05, 3.63) is 70.8 Å². The number of aryl methyl sites for hydroxylation is 1. The minimum absolute atomic E-state index is 0.0530. The molecule has 3 unspecified atom stereocenters. The molecular formula is C37H42F3N11O4. The van der Waals surface area contributed by atoms with Crippen LogP contribution in [0.3, 0.4) is 0 Å². The first-order valence-corrected chi connectivity index (χ1v) is 18.6. The van der Waals surface area contributed by atoms with Gasteiger partial charge in [0.25, 0.3) is 12.3 Å². The summed E-state index contributed by atoms with van der Waals surface area (Å²) in [6, 6.07) is 5.87. The van der Waals surface area contributed by atoms with Crippen LogP contribution in [0, 0.1) is 5.92 Å². The molecule has 0 radical (unpaired) electrons. The highest BCUT2D eigenvalue weighted by Crippen LogP contribution is 2.37. The molecule has 4 aromatic heterocycles. The summed E-state index contributed by atoms with van der Waals surface area (Å²) in [6.45, 7) is 1.39. The minimum atomic E-state index is -2.89. The highest BCUT2D eigenvalue weighted by Gasteiger charge is 2.36. The van der Waals surface area contributed by atoms with Crippen molar-refractivity contribution in [2.75, 3.05) is 36.9 Å². The van der Waals surface area contributed by atoms with Crippen LogP contribution in [0.25, 0.3) is 16.7 Å². The number of imidazole rings is 1. The van der Waals surface area contributed by atoms with E-state index in [1.165, 1.54) is 36.9 Å². The quantitative estimate of drug-likeness (QED) is 0.212. The molecule has 1 saturated carbocycles.